The van der Waals surface area contributed by atoms with Gasteiger partial charge in [-0.1, -0.05) is 0 Å². The molecule has 0 N–H and O–H groups in total. The van der Waals surface area contributed by atoms with Gasteiger partial charge in [-0.3, -0.25) is 4.98 Å². The average Bonchev–Trinajstić information content (AvgIpc) is 2.14. The van der Waals surface area contributed by atoms with E-state index in [4.69, 9.17) is 0 Å². The van der Waals surface area contributed by atoms with Gasteiger partial charge in [0.25, 0.3) is 0 Å². The molecule has 0 saturated carbocycles. The lowest BCUT2D eigenvalue weighted by Gasteiger charge is -2.28. The summed E-state index contributed by atoms with van der Waals surface area (Å²) in [5, 5.41) is 0. The minimum absolute atomic E-state index is 0.0531. The van der Waals surface area contributed by atoms with Crippen molar-refractivity contribution in [1.29, 1.82) is 0 Å². The van der Waals surface area contributed by atoms with E-state index in [2.05, 4.69) is 9.97 Å². The van der Waals surface area contributed by atoms with E-state index in [0.29, 0.717) is 6.20 Å². The molecule has 1 radical (unpaired) electrons. The third-order valence-electron chi connectivity index (χ3n) is 1.65. The molecule has 0 amide bonds. The predicted octanol–water partition coefficient (Wildman–Crippen LogP) is 2.57. The van der Waals surface area contributed by atoms with Gasteiger partial charge in [-0.2, -0.15) is 26.3 Å². The summed E-state index contributed by atoms with van der Waals surface area (Å²) < 4.78 is 85.8. The summed E-state index contributed by atoms with van der Waals surface area (Å²) in [6, 6.07) is 0. The molecule has 0 aromatic carbocycles. The largest absolute Gasteiger partial charge is 0.437 e. The first-order valence-electron chi connectivity index (χ1n) is 3.61. The SMILES string of the molecule is FC(F)(F)C(F)(c1cnc[c]n1)C(F)(F)F. The van der Waals surface area contributed by atoms with Crippen molar-refractivity contribution in [3.63, 3.8) is 0 Å². The van der Waals surface area contributed by atoms with Crippen LogP contribution in [0.5, 0.6) is 0 Å². The number of rotatable bonds is 1. The zero-order valence-corrected chi connectivity index (χ0v) is 7.19. The summed E-state index contributed by atoms with van der Waals surface area (Å²) in [6.07, 6.45) is -9.98. The van der Waals surface area contributed by atoms with Gasteiger partial charge >= 0.3 is 18.0 Å². The van der Waals surface area contributed by atoms with Gasteiger partial charge < -0.3 is 0 Å². The van der Waals surface area contributed by atoms with E-state index in [1.807, 2.05) is 0 Å². The van der Waals surface area contributed by atoms with Crippen molar-refractivity contribution in [2.75, 3.05) is 0 Å². The van der Waals surface area contributed by atoms with Crippen LogP contribution in [0.3, 0.4) is 0 Å². The van der Waals surface area contributed by atoms with Crippen molar-refractivity contribution in [3.8, 4) is 0 Å². The highest BCUT2D eigenvalue weighted by molar-refractivity contribution is 5.15. The fourth-order valence-corrected chi connectivity index (χ4v) is 0.886. The molecule has 89 valence electrons. The maximum Gasteiger partial charge on any atom is 0.437 e. The molecule has 0 aliphatic carbocycles. The minimum atomic E-state index is -6.17. The average molecular weight is 247 g/mol. The smallest absolute Gasteiger partial charge is 0.260 e. The molecule has 1 heterocycles. The fourth-order valence-electron chi connectivity index (χ4n) is 0.886. The highest BCUT2D eigenvalue weighted by Crippen LogP contribution is 2.52. The summed E-state index contributed by atoms with van der Waals surface area (Å²) in [7, 11) is 0. The van der Waals surface area contributed by atoms with Crippen LogP contribution in [0.2, 0.25) is 0 Å². The topological polar surface area (TPSA) is 25.8 Å². The molecule has 0 unspecified atom stereocenters. The zero-order valence-electron chi connectivity index (χ0n) is 7.19. The molecular weight excluding hydrogens is 245 g/mol. The second kappa shape index (κ2) is 3.56. The Labute approximate surface area is 84.1 Å². The molecule has 9 heteroatoms. The highest BCUT2D eigenvalue weighted by Gasteiger charge is 2.74. The summed E-state index contributed by atoms with van der Waals surface area (Å²) in [4.78, 5) is 5.50. The number of nitrogens with zero attached hydrogens (tertiary/aromatic N) is 2. The first-order chi connectivity index (χ1) is 7.11. The number of aromatic nitrogens is 2. The Morgan fingerprint density at radius 1 is 0.938 bits per heavy atom. The van der Waals surface area contributed by atoms with Crippen molar-refractivity contribution in [2.24, 2.45) is 0 Å². The molecule has 16 heavy (non-hydrogen) atoms. The molecule has 0 bridgehead atoms. The van der Waals surface area contributed by atoms with Crippen molar-refractivity contribution in [1.82, 2.24) is 9.97 Å². The first kappa shape index (κ1) is 12.7. The van der Waals surface area contributed by atoms with Crippen LogP contribution in [0.4, 0.5) is 30.7 Å². The lowest BCUT2D eigenvalue weighted by molar-refractivity contribution is -0.350. The van der Waals surface area contributed by atoms with Crippen LogP contribution in [-0.2, 0) is 5.67 Å². The Kier molecular flexibility index (Phi) is 2.82. The maximum absolute atomic E-state index is 13.2. The molecule has 0 atom stereocenters. The number of hydrogen-bond donors (Lipinski definition) is 0. The van der Waals surface area contributed by atoms with Gasteiger partial charge in [-0.05, 0) is 0 Å². The lowest BCUT2D eigenvalue weighted by Crippen LogP contribution is -2.51. The maximum atomic E-state index is 13.2. The van der Waals surface area contributed by atoms with Crippen LogP contribution in [0.15, 0.2) is 12.4 Å². The van der Waals surface area contributed by atoms with E-state index in [1.165, 1.54) is 0 Å². The molecule has 0 saturated heterocycles. The summed E-state index contributed by atoms with van der Waals surface area (Å²) in [6.45, 7) is 0. The second-order valence-electron chi connectivity index (χ2n) is 2.69. The van der Waals surface area contributed by atoms with Crippen LogP contribution in [-0.4, -0.2) is 22.3 Å². The van der Waals surface area contributed by atoms with Crippen molar-refractivity contribution >= 4 is 0 Å². The molecule has 0 aliphatic rings. The normalized spacial score (nSPS) is 13.9. The van der Waals surface area contributed by atoms with Gasteiger partial charge in [0.1, 0.15) is 11.9 Å². The lowest BCUT2D eigenvalue weighted by atomic mass is 10.0. The number of halogens is 7. The van der Waals surface area contributed by atoms with E-state index in [-0.39, 0.29) is 6.20 Å². The quantitative estimate of drug-likeness (QED) is 0.713. The van der Waals surface area contributed by atoms with E-state index in [0.717, 1.165) is 0 Å². The molecule has 0 spiro atoms. The van der Waals surface area contributed by atoms with Gasteiger partial charge in [-0.25, -0.2) is 9.37 Å². The molecular formula is C7H2F7N2. The molecule has 0 aliphatic heterocycles. The third-order valence-corrected chi connectivity index (χ3v) is 1.65. The summed E-state index contributed by atoms with van der Waals surface area (Å²) >= 11 is 0. The van der Waals surface area contributed by atoms with Crippen LogP contribution >= 0.6 is 0 Å². The Balaban J connectivity index is 3.39. The van der Waals surface area contributed by atoms with Crippen LogP contribution in [0.1, 0.15) is 5.69 Å². The monoisotopic (exact) mass is 247 g/mol. The zero-order chi connectivity index (χ0) is 12.6. The highest BCUT2D eigenvalue weighted by atomic mass is 19.4. The van der Waals surface area contributed by atoms with E-state index < -0.39 is 23.7 Å². The van der Waals surface area contributed by atoms with Gasteiger partial charge in [0.15, 0.2) is 0 Å². The number of alkyl halides is 7. The minimum Gasteiger partial charge on any atom is -0.260 e. The Morgan fingerprint density at radius 3 is 1.75 bits per heavy atom. The van der Waals surface area contributed by atoms with Crippen molar-refractivity contribution < 1.29 is 30.7 Å². The van der Waals surface area contributed by atoms with Crippen molar-refractivity contribution in [3.05, 3.63) is 24.3 Å². The molecule has 1 aromatic heterocycles. The fraction of sp³-hybridized carbons (Fsp3) is 0.429. The Bertz CT molecular complexity index is 341. The Morgan fingerprint density at radius 2 is 1.44 bits per heavy atom. The third kappa shape index (κ3) is 1.81. The molecule has 0 fully saturated rings. The van der Waals surface area contributed by atoms with Gasteiger partial charge in [-0.15, -0.1) is 0 Å². The van der Waals surface area contributed by atoms with Gasteiger partial charge in [0, 0.05) is 0 Å². The van der Waals surface area contributed by atoms with Crippen LogP contribution in [0.25, 0.3) is 0 Å². The van der Waals surface area contributed by atoms with E-state index >= 15 is 0 Å². The Hall–Kier alpha value is -1.41. The molecule has 2 nitrogen and oxygen atoms in total. The second-order valence-corrected chi connectivity index (χ2v) is 2.69. The first-order valence-corrected chi connectivity index (χ1v) is 3.61. The number of hydrogen-bond acceptors (Lipinski definition) is 2. The van der Waals surface area contributed by atoms with Gasteiger partial charge in [0.05, 0.1) is 12.4 Å². The van der Waals surface area contributed by atoms with E-state index in [1.54, 1.807) is 6.20 Å². The van der Waals surface area contributed by atoms with Gasteiger partial charge in [0.2, 0.25) is 0 Å². The predicted molar refractivity (Wildman–Crippen MR) is 35.8 cm³/mol. The standard InChI is InChI=1S/C7H2F7N2/c8-5(6(9,10)11,7(12,13)14)4-3-15-1-2-16-4/h1,3H. The summed E-state index contributed by atoms with van der Waals surface area (Å²) in [5.41, 5.74) is -7.43. The van der Waals surface area contributed by atoms with Crippen LogP contribution in [0, 0.1) is 6.20 Å². The molecule has 1 rings (SSSR count). The van der Waals surface area contributed by atoms with E-state index in [9.17, 15) is 30.7 Å². The van der Waals surface area contributed by atoms with Crippen molar-refractivity contribution in [2.45, 2.75) is 18.0 Å². The van der Waals surface area contributed by atoms with Crippen LogP contribution < -0.4 is 0 Å². The molecule has 1 aromatic rings. The summed E-state index contributed by atoms with van der Waals surface area (Å²) in [5.74, 6) is 0.